The molecule has 0 spiro atoms. The van der Waals surface area contributed by atoms with E-state index in [1.54, 1.807) is 5.57 Å². The van der Waals surface area contributed by atoms with E-state index in [-0.39, 0.29) is 16.9 Å². The maximum absolute atomic E-state index is 10.9. The summed E-state index contributed by atoms with van der Waals surface area (Å²) in [6.07, 6.45) is 22.2. The monoisotopic (exact) mass is 452 g/mol. The van der Waals surface area contributed by atoms with E-state index in [9.17, 15) is 5.11 Å². The van der Waals surface area contributed by atoms with Crippen molar-refractivity contribution in [1.29, 1.82) is 0 Å². The number of hydrogen-bond donors (Lipinski definition) is 1. The van der Waals surface area contributed by atoms with Gasteiger partial charge in [0.1, 0.15) is 0 Å². The number of aliphatic hydroxyl groups is 1. The Morgan fingerprint density at radius 2 is 1.76 bits per heavy atom. The van der Waals surface area contributed by atoms with Crippen molar-refractivity contribution in [2.45, 2.75) is 125 Å². The summed E-state index contributed by atoms with van der Waals surface area (Å²) in [7, 11) is 0. The van der Waals surface area contributed by atoms with Gasteiger partial charge in [0.2, 0.25) is 0 Å². The molecule has 0 aromatic rings. The lowest BCUT2D eigenvalue weighted by Crippen LogP contribution is -2.58. The molecule has 0 unspecified atom stereocenters. The zero-order valence-electron chi connectivity index (χ0n) is 22.8. The van der Waals surface area contributed by atoms with Crippen LogP contribution in [-0.2, 0) is 0 Å². The summed E-state index contributed by atoms with van der Waals surface area (Å²) in [4.78, 5) is 0. The van der Waals surface area contributed by atoms with Gasteiger partial charge in [-0.25, -0.2) is 0 Å². The second kappa shape index (κ2) is 8.73. The van der Waals surface area contributed by atoms with Crippen molar-refractivity contribution in [2.24, 2.45) is 51.2 Å². The average molecular weight is 453 g/mol. The van der Waals surface area contributed by atoms with Crippen molar-refractivity contribution in [2.75, 3.05) is 0 Å². The van der Waals surface area contributed by atoms with Gasteiger partial charge in [0.15, 0.2) is 0 Å². The third kappa shape index (κ3) is 3.68. The summed E-state index contributed by atoms with van der Waals surface area (Å²) < 4.78 is 0. The largest absolute Gasteiger partial charge is 0.393 e. The molecule has 0 saturated heterocycles. The van der Waals surface area contributed by atoms with Crippen LogP contribution in [0, 0.1) is 63.6 Å². The number of fused-ring (bicyclic) bond motifs is 5. The molecule has 4 aliphatic rings. The first-order valence-electron chi connectivity index (χ1n) is 14.3. The fourth-order valence-electron chi connectivity index (χ4n) is 10.1. The highest BCUT2D eigenvalue weighted by molar-refractivity contribution is 5.35. The van der Waals surface area contributed by atoms with Gasteiger partial charge in [0.05, 0.1) is 6.10 Å². The van der Waals surface area contributed by atoms with E-state index in [0.717, 1.165) is 37.0 Å². The zero-order chi connectivity index (χ0) is 24.2. The van der Waals surface area contributed by atoms with E-state index in [2.05, 4.69) is 60.5 Å². The highest BCUT2D eigenvalue weighted by Crippen LogP contribution is 2.74. The Labute approximate surface area is 205 Å². The lowest BCUT2D eigenvalue weighted by atomic mass is 9.40. The van der Waals surface area contributed by atoms with E-state index in [0.29, 0.717) is 22.7 Å². The first-order valence-corrected chi connectivity index (χ1v) is 14.3. The molecule has 3 saturated carbocycles. The van der Waals surface area contributed by atoms with Crippen LogP contribution in [0.2, 0.25) is 0 Å². The van der Waals surface area contributed by atoms with Gasteiger partial charge in [-0.2, -0.15) is 0 Å². The molecule has 0 aromatic carbocycles. The molecule has 1 heteroatoms. The van der Waals surface area contributed by atoms with Crippen molar-refractivity contribution in [3.8, 4) is 12.3 Å². The summed E-state index contributed by atoms with van der Waals surface area (Å²) in [5, 5.41) is 10.9. The lowest BCUT2D eigenvalue weighted by Gasteiger charge is -2.64. The fraction of sp³-hybridized carbons (Fsp3) is 0.875. The first-order chi connectivity index (χ1) is 15.4. The number of aliphatic hydroxyl groups excluding tert-OH is 1. The molecule has 0 bridgehead atoms. The molecule has 0 radical (unpaired) electrons. The van der Waals surface area contributed by atoms with Crippen molar-refractivity contribution in [1.82, 2.24) is 0 Å². The molecule has 4 aliphatic carbocycles. The predicted molar refractivity (Wildman–Crippen MR) is 141 cm³/mol. The van der Waals surface area contributed by atoms with Crippen LogP contribution in [0.25, 0.3) is 0 Å². The van der Waals surface area contributed by atoms with Crippen molar-refractivity contribution in [3.05, 3.63) is 11.6 Å². The molecular weight excluding hydrogens is 400 g/mol. The molecule has 0 aromatic heterocycles. The first kappa shape index (κ1) is 25.4. The van der Waals surface area contributed by atoms with Gasteiger partial charge < -0.3 is 5.11 Å². The third-order valence-electron chi connectivity index (χ3n) is 12.1. The van der Waals surface area contributed by atoms with Gasteiger partial charge in [-0.15, -0.1) is 12.3 Å². The molecule has 0 heterocycles. The molecule has 186 valence electrons. The number of hydrogen-bond acceptors (Lipinski definition) is 1. The minimum Gasteiger partial charge on any atom is -0.393 e. The normalized spacial score (nSPS) is 44.9. The van der Waals surface area contributed by atoms with Gasteiger partial charge in [-0.05, 0) is 90.8 Å². The molecular formula is C32H52O. The molecule has 8 atom stereocenters. The number of rotatable bonds is 6. The Morgan fingerprint density at radius 1 is 1.03 bits per heavy atom. The minimum absolute atomic E-state index is 0.00178. The Balaban J connectivity index is 1.67. The van der Waals surface area contributed by atoms with Gasteiger partial charge in [-0.3, -0.25) is 0 Å². The Kier molecular flexibility index (Phi) is 6.71. The molecule has 0 amide bonds. The average Bonchev–Trinajstić information content (AvgIpc) is 3.04. The maximum atomic E-state index is 10.9. The van der Waals surface area contributed by atoms with Crippen molar-refractivity contribution in [3.63, 3.8) is 0 Å². The SMILES string of the molecule is C#CC[C@@]12CC[C@H]([C@H](C)CCCC(C)C)[C@@]1(C)CC[C@H]1C2=CC[C@H]2C(C)(C)[C@@H](O)CC[C@]12C. The summed E-state index contributed by atoms with van der Waals surface area (Å²) in [5.74, 6) is 6.83. The lowest BCUT2D eigenvalue weighted by molar-refractivity contribution is -0.132. The van der Waals surface area contributed by atoms with E-state index in [1.807, 2.05) is 0 Å². The summed E-state index contributed by atoms with van der Waals surface area (Å²) >= 11 is 0. The van der Waals surface area contributed by atoms with Gasteiger partial charge in [0, 0.05) is 11.8 Å². The van der Waals surface area contributed by atoms with Crippen LogP contribution < -0.4 is 0 Å². The third-order valence-corrected chi connectivity index (χ3v) is 12.1. The van der Waals surface area contributed by atoms with Gasteiger partial charge in [-0.1, -0.05) is 79.4 Å². The predicted octanol–water partition coefficient (Wildman–Crippen LogP) is 8.42. The Bertz CT molecular complexity index is 798. The van der Waals surface area contributed by atoms with E-state index >= 15 is 0 Å². The molecule has 1 N–H and O–H groups in total. The highest BCUT2D eigenvalue weighted by atomic mass is 16.3. The van der Waals surface area contributed by atoms with E-state index < -0.39 is 0 Å². The highest BCUT2D eigenvalue weighted by Gasteiger charge is 2.66. The second-order valence-corrected chi connectivity index (χ2v) is 14.2. The smallest absolute Gasteiger partial charge is 0.0594 e. The molecule has 1 nitrogen and oxygen atoms in total. The standard InChI is InChI=1S/C32H52O/c1-9-18-32-21-16-24(23(4)12-10-11-22(2)3)31(32,8)20-15-25-26(32)13-14-27-29(5,6)28(33)17-19-30(25,27)7/h1,13,22-25,27-28,33H,10-12,14-21H2,2-8H3/t23-,24-,25+,27+,28+,30-,31-,32+/m1/s1. The number of terminal acetylenes is 1. The molecule has 33 heavy (non-hydrogen) atoms. The van der Waals surface area contributed by atoms with E-state index in [1.165, 1.54) is 51.4 Å². The summed E-state index contributed by atoms with van der Waals surface area (Å²) in [6, 6.07) is 0. The quantitative estimate of drug-likeness (QED) is 0.317. The summed E-state index contributed by atoms with van der Waals surface area (Å²) in [6.45, 7) is 17.1. The van der Waals surface area contributed by atoms with Crippen LogP contribution in [0.15, 0.2) is 11.6 Å². The second-order valence-electron chi connectivity index (χ2n) is 14.2. The maximum Gasteiger partial charge on any atom is 0.0594 e. The fourth-order valence-corrected chi connectivity index (χ4v) is 10.1. The van der Waals surface area contributed by atoms with Crippen LogP contribution in [0.1, 0.15) is 119 Å². The van der Waals surface area contributed by atoms with Crippen LogP contribution in [0.3, 0.4) is 0 Å². The molecule has 3 fully saturated rings. The van der Waals surface area contributed by atoms with Crippen molar-refractivity contribution >= 4 is 0 Å². The Morgan fingerprint density at radius 3 is 2.42 bits per heavy atom. The van der Waals surface area contributed by atoms with Crippen molar-refractivity contribution < 1.29 is 5.11 Å². The minimum atomic E-state index is -0.165. The van der Waals surface area contributed by atoms with Crippen LogP contribution in [-0.4, -0.2) is 11.2 Å². The zero-order valence-corrected chi connectivity index (χ0v) is 22.8. The van der Waals surface area contributed by atoms with Gasteiger partial charge >= 0.3 is 0 Å². The van der Waals surface area contributed by atoms with Crippen LogP contribution in [0.5, 0.6) is 0 Å². The van der Waals surface area contributed by atoms with Gasteiger partial charge in [0.25, 0.3) is 0 Å². The van der Waals surface area contributed by atoms with Crippen LogP contribution >= 0.6 is 0 Å². The topological polar surface area (TPSA) is 20.2 Å². The van der Waals surface area contributed by atoms with E-state index in [4.69, 9.17) is 6.42 Å². The summed E-state index contributed by atoms with van der Waals surface area (Å²) in [5.41, 5.74) is 2.60. The molecule has 0 aliphatic heterocycles. The number of allylic oxidation sites excluding steroid dienone is 2. The van der Waals surface area contributed by atoms with Crippen LogP contribution in [0.4, 0.5) is 0 Å². The Hall–Kier alpha value is -0.740. The molecule has 4 rings (SSSR count).